The molecule has 0 aliphatic heterocycles. The van der Waals surface area contributed by atoms with Crippen LogP contribution in [0.25, 0.3) is 0 Å². The smallest absolute Gasteiger partial charge is 0.387 e. The molecule has 0 bridgehead atoms. The molecule has 0 saturated carbocycles. The summed E-state index contributed by atoms with van der Waals surface area (Å²) in [5.74, 6) is -0.283. The van der Waals surface area contributed by atoms with Crippen LogP contribution >= 0.6 is 7.82 Å². The van der Waals surface area contributed by atoms with E-state index in [1.54, 1.807) is 6.08 Å². The van der Waals surface area contributed by atoms with Crippen LogP contribution in [0.2, 0.25) is 0 Å². The van der Waals surface area contributed by atoms with E-state index in [9.17, 15) is 14.5 Å². The number of unbranched alkanes of at least 4 members (excludes halogenated alkanes) is 11. The predicted octanol–water partition coefficient (Wildman–Crippen LogP) is 5.00. The fourth-order valence-electron chi connectivity index (χ4n) is 3.21. The van der Waals surface area contributed by atoms with Gasteiger partial charge in [0, 0.05) is 6.42 Å². The van der Waals surface area contributed by atoms with Crippen molar-refractivity contribution in [1.82, 2.24) is 5.32 Å². The fraction of sp³-hybridized carbons (Fsp3) is 0.864. The number of phosphoric ester groups is 1. The molecule has 0 rings (SSSR count). The van der Waals surface area contributed by atoms with Crippen molar-refractivity contribution < 1.29 is 28.8 Å². The number of allylic oxidation sites excluding steroid dienone is 1. The largest absolute Gasteiger partial charge is 0.469 e. The lowest BCUT2D eigenvalue weighted by Crippen LogP contribution is -2.45. The van der Waals surface area contributed by atoms with E-state index in [1.807, 2.05) is 13.0 Å². The third-order valence-corrected chi connectivity index (χ3v) is 5.45. The van der Waals surface area contributed by atoms with Crippen molar-refractivity contribution in [1.29, 1.82) is 0 Å². The van der Waals surface area contributed by atoms with Gasteiger partial charge in [-0.05, 0) is 19.3 Å². The van der Waals surface area contributed by atoms with Crippen molar-refractivity contribution in [3.05, 3.63) is 12.2 Å². The van der Waals surface area contributed by atoms with Crippen LogP contribution < -0.4 is 5.32 Å². The van der Waals surface area contributed by atoms with Crippen LogP contribution in [0.15, 0.2) is 12.2 Å². The molecule has 4 N–H and O–H groups in total. The van der Waals surface area contributed by atoms with Crippen LogP contribution in [0.4, 0.5) is 0 Å². The second-order valence-corrected chi connectivity index (χ2v) is 9.19. The highest BCUT2D eigenvalue weighted by molar-refractivity contribution is 7.46. The molecule has 0 saturated heterocycles. The van der Waals surface area contributed by atoms with E-state index in [0.29, 0.717) is 6.42 Å². The Morgan fingerprint density at radius 3 is 1.97 bits per heavy atom. The molecule has 0 aromatic rings. The summed E-state index contributed by atoms with van der Waals surface area (Å²) in [6.07, 6.45) is 18.1. The molecule has 0 aliphatic rings. The molecule has 0 aromatic carbocycles. The lowest BCUT2D eigenvalue weighted by atomic mass is 10.0. The van der Waals surface area contributed by atoms with Crippen molar-refractivity contribution in [2.75, 3.05) is 6.61 Å². The Bertz CT molecular complexity index is 494. The van der Waals surface area contributed by atoms with Crippen molar-refractivity contribution in [3.63, 3.8) is 0 Å². The molecule has 0 heterocycles. The van der Waals surface area contributed by atoms with Crippen molar-refractivity contribution in [3.8, 4) is 0 Å². The number of rotatable bonds is 20. The molecule has 2 atom stereocenters. The zero-order valence-electron chi connectivity index (χ0n) is 18.9. The number of amides is 1. The van der Waals surface area contributed by atoms with E-state index >= 15 is 0 Å². The third kappa shape index (κ3) is 19.3. The first kappa shape index (κ1) is 29.3. The highest BCUT2D eigenvalue weighted by Crippen LogP contribution is 2.35. The second-order valence-electron chi connectivity index (χ2n) is 7.95. The molecular weight excluding hydrogens is 405 g/mol. The Morgan fingerprint density at radius 1 is 0.933 bits per heavy atom. The van der Waals surface area contributed by atoms with E-state index < -0.39 is 26.6 Å². The van der Waals surface area contributed by atoms with E-state index in [4.69, 9.17) is 9.79 Å². The Hall–Kier alpha value is -0.720. The van der Waals surface area contributed by atoms with Crippen LogP contribution in [-0.2, 0) is 13.9 Å². The number of carbonyl (C=O) groups excluding carboxylic acids is 1. The summed E-state index contributed by atoms with van der Waals surface area (Å²) in [7, 11) is -4.66. The quantitative estimate of drug-likeness (QED) is 0.118. The van der Waals surface area contributed by atoms with E-state index in [1.165, 1.54) is 57.8 Å². The van der Waals surface area contributed by atoms with E-state index in [2.05, 4.69) is 16.8 Å². The first-order valence-corrected chi connectivity index (χ1v) is 13.2. The molecule has 0 aromatic heterocycles. The standard InChI is InChI=1S/C22H44NO6P/c1-3-5-6-7-8-9-10-11-12-13-14-15-16-18-21(24)20(19-29-30(26,27)28)23-22(25)17-4-2/h16,18,20-21,24H,3-15,17,19H2,1-2H3,(H,23,25)(H2,26,27,28)/b18-16+/t20-,21-/m1/s1. The van der Waals surface area contributed by atoms with Gasteiger partial charge >= 0.3 is 7.82 Å². The summed E-state index contributed by atoms with van der Waals surface area (Å²) in [6.45, 7) is 3.63. The maximum Gasteiger partial charge on any atom is 0.469 e. The predicted molar refractivity (Wildman–Crippen MR) is 121 cm³/mol. The highest BCUT2D eigenvalue weighted by atomic mass is 31.2. The SMILES string of the molecule is CCCCCCCCCCCCC/C=C/[C@@H](O)[C@@H](COP(=O)(O)O)NC(=O)CCC. The summed E-state index contributed by atoms with van der Waals surface area (Å²) < 4.78 is 15.4. The molecule has 7 nitrogen and oxygen atoms in total. The molecule has 0 aliphatic carbocycles. The minimum absolute atomic E-state index is 0.279. The van der Waals surface area contributed by atoms with Gasteiger partial charge in [-0.15, -0.1) is 0 Å². The van der Waals surface area contributed by atoms with Crippen molar-refractivity contribution >= 4 is 13.7 Å². The first-order chi connectivity index (χ1) is 14.3. The number of aliphatic hydroxyl groups is 1. The molecule has 0 unspecified atom stereocenters. The summed E-state index contributed by atoms with van der Waals surface area (Å²) in [6, 6.07) is -0.898. The van der Waals surface area contributed by atoms with Crippen LogP contribution in [-0.4, -0.2) is 39.6 Å². The van der Waals surface area contributed by atoms with Crippen molar-refractivity contribution in [2.24, 2.45) is 0 Å². The molecule has 30 heavy (non-hydrogen) atoms. The van der Waals surface area contributed by atoms with Gasteiger partial charge in [0.1, 0.15) is 0 Å². The lowest BCUT2D eigenvalue weighted by molar-refractivity contribution is -0.122. The van der Waals surface area contributed by atoms with Gasteiger partial charge in [0.2, 0.25) is 5.91 Å². The number of hydrogen-bond acceptors (Lipinski definition) is 4. The van der Waals surface area contributed by atoms with Crippen LogP contribution in [0.5, 0.6) is 0 Å². The normalized spacial score (nSPS) is 14.2. The van der Waals surface area contributed by atoms with Gasteiger partial charge in [-0.2, -0.15) is 0 Å². The molecule has 0 fully saturated rings. The van der Waals surface area contributed by atoms with Gasteiger partial charge in [-0.25, -0.2) is 4.57 Å². The van der Waals surface area contributed by atoms with Crippen LogP contribution in [0.3, 0.4) is 0 Å². The molecule has 0 radical (unpaired) electrons. The van der Waals surface area contributed by atoms with Gasteiger partial charge in [0.25, 0.3) is 0 Å². The molecule has 1 amide bonds. The minimum atomic E-state index is -4.66. The second kappa shape index (κ2) is 19.0. The van der Waals surface area contributed by atoms with Gasteiger partial charge in [-0.1, -0.05) is 90.2 Å². The summed E-state index contributed by atoms with van der Waals surface area (Å²) in [5.41, 5.74) is 0. The Balaban J connectivity index is 4.01. The van der Waals surface area contributed by atoms with Crippen LogP contribution in [0.1, 0.15) is 104 Å². The van der Waals surface area contributed by atoms with Gasteiger partial charge in [0.05, 0.1) is 18.8 Å². The third-order valence-electron chi connectivity index (χ3n) is 4.97. The summed E-state index contributed by atoms with van der Waals surface area (Å²) in [4.78, 5) is 29.5. The zero-order chi connectivity index (χ0) is 22.7. The fourth-order valence-corrected chi connectivity index (χ4v) is 3.56. The Morgan fingerprint density at radius 2 is 1.47 bits per heavy atom. The van der Waals surface area contributed by atoms with Gasteiger partial charge in [-0.3, -0.25) is 9.32 Å². The number of phosphoric acid groups is 1. The van der Waals surface area contributed by atoms with Crippen molar-refractivity contribution in [2.45, 2.75) is 116 Å². The molecule has 8 heteroatoms. The maximum atomic E-state index is 11.8. The van der Waals surface area contributed by atoms with Gasteiger partial charge < -0.3 is 20.2 Å². The highest BCUT2D eigenvalue weighted by Gasteiger charge is 2.24. The summed E-state index contributed by atoms with van der Waals surface area (Å²) >= 11 is 0. The maximum absolute atomic E-state index is 11.8. The summed E-state index contributed by atoms with van der Waals surface area (Å²) in [5, 5.41) is 12.8. The topological polar surface area (TPSA) is 116 Å². The van der Waals surface area contributed by atoms with Gasteiger partial charge in [0.15, 0.2) is 0 Å². The molecular formula is C22H44NO6P. The first-order valence-electron chi connectivity index (χ1n) is 11.6. The average molecular weight is 450 g/mol. The molecule has 178 valence electrons. The Kier molecular flexibility index (Phi) is 18.5. The number of nitrogens with one attached hydrogen (secondary N) is 1. The lowest BCUT2D eigenvalue weighted by Gasteiger charge is -2.22. The monoisotopic (exact) mass is 449 g/mol. The van der Waals surface area contributed by atoms with E-state index in [-0.39, 0.29) is 12.3 Å². The number of hydrogen-bond donors (Lipinski definition) is 4. The minimum Gasteiger partial charge on any atom is -0.387 e. The number of carbonyl (C=O) groups is 1. The zero-order valence-corrected chi connectivity index (χ0v) is 19.8. The average Bonchev–Trinajstić information content (AvgIpc) is 2.68. The van der Waals surface area contributed by atoms with E-state index in [0.717, 1.165) is 19.3 Å². The van der Waals surface area contributed by atoms with Crippen LogP contribution in [0, 0.1) is 0 Å². The molecule has 0 spiro atoms. The Labute approximate surface area is 182 Å². The number of aliphatic hydroxyl groups excluding tert-OH is 1.